The normalized spacial score (nSPS) is 15.7. The average Bonchev–Trinajstić information content (AvgIpc) is 2.99. The molecule has 0 radical (unpaired) electrons. The number of hydrogen-bond donors (Lipinski definition) is 2. The molecule has 1 aromatic heterocycles. The molecule has 4 rings (SSSR count). The predicted octanol–water partition coefficient (Wildman–Crippen LogP) is 5.07. The topological polar surface area (TPSA) is 65.5 Å². The van der Waals surface area contributed by atoms with E-state index in [0.29, 0.717) is 12.0 Å². The second kappa shape index (κ2) is 9.31. The van der Waals surface area contributed by atoms with E-state index in [4.69, 9.17) is 0 Å². The lowest BCUT2D eigenvalue weighted by Gasteiger charge is -2.24. The van der Waals surface area contributed by atoms with Crippen LogP contribution in [0.2, 0.25) is 0 Å². The van der Waals surface area contributed by atoms with Crippen molar-refractivity contribution in [1.82, 2.24) is 10.3 Å². The third-order valence-corrected chi connectivity index (χ3v) is 6.16. The van der Waals surface area contributed by atoms with Gasteiger partial charge in [-0.2, -0.15) is 0 Å². The number of anilines is 2. The van der Waals surface area contributed by atoms with Crippen molar-refractivity contribution in [2.75, 3.05) is 18.5 Å². The van der Waals surface area contributed by atoms with Crippen molar-refractivity contribution in [1.29, 1.82) is 0 Å². The molecule has 0 aliphatic carbocycles. The summed E-state index contributed by atoms with van der Waals surface area (Å²) in [5, 5.41) is 13.1. The third kappa shape index (κ3) is 4.78. The van der Waals surface area contributed by atoms with E-state index in [1.807, 2.05) is 0 Å². The van der Waals surface area contributed by atoms with E-state index in [1.165, 1.54) is 34.3 Å². The minimum atomic E-state index is -0.893. The number of benzene rings is 2. The first-order valence-electron chi connectivity index (χ1n) is 10.9. The van der Waals surface area contributed by atoms with E-state index in [2.05, 4.69) is 71.6 Å². The van der Waals surface area contributed by atoms with E-state index in [0.717, 1.165) is 31.4 Å². The second-order valence-corrected chi connectivity index (χ2v) is 8.26. The van der Waals surface area contributed by atoms with Crippen LogP contribution >= 0.6 is 0 Å². The molecule has 0 fully saturated rings. The van der Waals surface area contributed by atoms with Gasteiger partial charge in [0, 0.05) is 36.9 Å². The van der Waals surface area contributed by atoms with Crippen molar-refractivity contribution in [3.05, 3.63) is 88.7 Å². The highest BCUT2D eigenvalue weighted by molar-refractivity contribution is 5.89. The minimum Gasteiger partial charge on any atom is -0.478 e. The number of nitrogens with zero attached hydrogens (tertiary/aromatic N) is 2. The molecule has 160 valence electrons. The Morgan fingerprint density at radius 2 is 1.94 bits per heavy atom. The molecule has 1 atom stereocenters. The Balaban J connectivity index is 1.55. The molecule has 0 saturated carbocycles. The van der Waals surface area contributed by atoms with Gasteiger partial charge in [-0.1, -0.05) is 23.8 Å². The fourth-order valence-electron chi connectivity index (χ4n) is 4.33. The van der Waals surface area contributed by atoms with Gasteiger partial charge in [0.25, 0.3) is 0 Å². The molecule has 0 unspecified atom stereocenters. The predicted molar refractivity (Wildman–Crippen MR) is 124 cm³/mol. The molecule has 2 N–H and O–H groups in total. The number of rotatable bonds is 6. The Labute approximate surface area is 183 Å². The zero-order chi connectivity index (χ0) is 21.8. The fraction of sp³-hybridized carbons (Fsp3) is 0.308. The Kier molecular flexibility index (Phi) is 6.33. The van der Waals surface area contributed by atoms with Crippen LogP contribution in [0.15, 0.2) is 60.9 Å². The van der Waals surface area contributed by atoms with Gasteiger partial charge in [-0.25, -0.2) is 4.79 Å². The lowest BCUT2D eigenvalue weighted by atomic mass is 9.93. The zero-order valence-electron chi connectivity index (χ0n) is 18.1. The van der Waals surface area contributed by atoms with Gasteiger partial charge in [0.05, 0.1) is 5.56 Å². The van der Waals surface area contributed by atoms with E-state index in [-0.39, 0.29) is 6.04 Å². The number of hydrogen-bond acceptors (Lipinski definition) is 4. The summed E-state index contributed by atoms with van der Waals surface area (Å²) in [7, 11) is 2.11. The lowest BCUT2D eigenvalue weighted by Crippen LogP contribution is -2.22. The van der Waals surface area contributed by atoms with Crippen molar-refractivity contribution in [3.63, 3.8) is 0 Å². The van der Waals surface area contributed by atoms with Crippen LogP contribution in [-0.4, -0.2) is 29.7 Å². The summed E-state index contributed by atoms with van der Waals surface area (Å²) in [5.74, 6) is -0.893. The number of carboxylic acid groups (broad SMARTS) is 1. The maximum atomic E-state index is 11.5. The first-order valence-corrected chi connectivity index (χ1v) is 10.9. The van der Waals surface area contributed by atoms with Gasteiger partial charge in [0.1, 0.15) is 0 Å². The van der Waals surface area contributed by atoms with Crippen LogP contribution in [0.4, 0.5) is 11.4 Å². The SMILES string of the molecule is Cc1ccc(N(C)c2ccc3c(c2)CCCN[C@H]3CCc2cnccc2C(=O)O)cc1. The number of aromatic nitrogens is 1. The number of carboxylic acids is 1. The Morgan fingerprint density at radius 1 is 1.16 bits per heavy atom. The van der Waals surface area contributed by atoms with Crippen LogP contribution < -0.4 is 10.2 Å². The summed E-state index contributed by atoms with van der Waals surface area (Å²) >= 11 is 0. The Morgan fingerprint density at radius 3 is 2.71 bits per heavy atom. The summed E-state index contributed by atoms with van der Waals surface area (Å²) in [4.78, 5) is 17.9. The van der Waals surface area contributed by atoms with Gasteiger partial charge in [0.15, 0.2) is 0 Å². The van der Waals surface area contributed by atoms with Crippen LogP contribution in [0.1, 0.15) is 51.5 Å². The summed E-state index contributed by atoms with van der Waals surface area (Å²) < 4.78 is 0. The lowest BCUT2D eigenvalue weighted by molar-refractivity contribution is 0.0695. The van der Waals surface area contributed by atoms with Gasteiger partial charge in [-0.3, -0.25) is 4.98 Å². The highest BCUT2D eigenvalue weighted by Crippen LogP contribution is 2.32. The molecule has 0 saturated heterocycles. The third-order valence-electron chi connectivity index (χ3n) is 6.16. The molecule has 31 heavy (non-hydrogen) atoms. The zero-order valence-corrected chi connectivity index (χ0v) is 18.1. The first-order chi connectivity index (χ1) is 15.0. The number of pyridine rings is 1. The minimum absolute atomic E-state index is 0.207. The van der Waals surface area contributed by atoms with Crippen molar-refractivity contribution in [2.45, 2.75) is 38.6 Å². The summed E-state index contributed by atoms with van der Waals surface area (Å²) in [5.41, 5.74) is 7.44. The largest absolute Gasteiger partial charge is 0.478 e. The maximum Gasteiger partial charge on any atom is 0.336 e. The molecular weight excluding hydrogens is 386 g/mol. The molecule has 0 bridgehead atoms. The molecule has 0 spiro atoms. The van der Waals surface area contributed by atoms with Crippen molar-refractivity contribution in [3.8, 4) is 0 Å². The number of aromatic carboxylic acids is 1. The monoisotopic (exact) mass is 415 g/mol. The van der Waals surface area contributed by atoms with Crippen molar-refractivity contribution in [2.24, 2.45) is 0 Å². The number of fused-ring (bicyclic) bond motifs is 1. The standard InChI is InChI=1S/C26H29N3O2/c1-18-5-8-21(9-6-18)29(2)22-10-11-23-19(16-22)4-3-14-28-25(23)12-7-20-17-27-15-13-24(20)26(30)31/h5-6,8-11,13,15-17,25,28H,3-4,7,12,14H2,1-2H3,(H,30,31)/t25-/m0/s1. The summed E-state index contributed by atoms with van der Waals surface area (Å²) in [6.45, 7) is 3.06. The van der Waals surface area contributed by atoms with Crippen molar-refractivity contribution < 1.29 is 9.90 Å². The second-order valence-electron chi connectivity index (χ2n) is 8.26. The van der Waals surface area contributed by atoms with Crippen molar-refractivity contribution >= 4 is 17.3 Å². The summed E-state index contributed by atoms with van der Waals surface area (Å²) in [6, 6.07) is 17.1. The van der Waals surface area contributed by atoms with Gasteiger partial charge < -0.3 is 15.3 Å². The molecule has 1 aliphatic heterocycles. The average molecular weight is 416 g/mol. The quantitative estimate of drug-likeness (QED) is 0.589. The van der Waals surface area contributed by atoms with Gasteiger partial charge in [0.2, 0.25) is 0 Å². The smallest absolute Gasteiger partial charge is 0.336 e. The van der Waals surface area contributed by atoms with Gasteiger partial charge >= 0.3 is 5.97 Å². The molecular formula is C26H29N3O2. The van der Waals surface area contributed by atoms with Crippen LogP contribution in [0.3, 0.4) is 0 Å². The number of aryl methyl sites for hydroxylation is 3. The maximum absolute atomic E-state index is 11.5. The summed E-state index contributed by atoms with van der Waals surface area (Å²) in [6.07, 6.45) is 6.87. The van der Waals surface area contributed by atoms with Crippen LogP contribution in [0.5, 0.6) is 0 Å². The molecule has 5 nitrogen and oxygen atoms in total. The highest BCUT2D eigenvalue weighted by Gasteiger charge is 2.20. The van der Waals surface area contributed by atoms with Gasteiger partial charge in [-0.15, -0.1) is 0 Å². The van der Waals surface area contributed by atoms with Crippen LogP contribution in [-0.2, 0) is 12.8 Å². The van der Waals surface area contributed by atoms with E-state index in [1.54, 1.807) is 12.3 Å². The highest BCUT2D eigenvalue weighted by atomic mass is 16.4. The molecule has 5 heteroatoms. The van der Waals surface area contributed by atoms with Crippen LogP contribution in [0, 0.1) is 6.92 Å². The number of carbonyl (C=O) groups is 1. The molecule has 3 aromatic rings. The molecule has 1 aliphatic rings. The Hall–Kier alpha value is -3.18. The van der Waals surface area contributed by atoms with E-state index in [9.17, 15) is 9.90 Å². The number of nitrogens with one attached hydrogen (secondary N) is 1. The van der Waals surface area contributed by atoms with Gasteiger partial charge in [-0.05, 0) is 86.2 Å². The van der Waals surface area contributed by atoms with E-state index >= 15 is 0 Å². The van der Waals surface area contributed by atoms with Crippen LogP contribution in [0.25, 0.3) is 0 Å². The first kappa shape index (κ1) is 21.1. The molecule has 2 heterocycles. The fourth-order valence-corrected chi connectivity index (χ4v) is 4.33. The molecule has 0 amide bonds. The molecule has 2 aromatic carbocycles. The Bertz CT molecular complexity index is 1060. The van der Waals surface area contributed by atoms with E-state index < -0.39 is 5.97 Å².